The second-order valence-electron chi connectivity index (χ2n) is 3.61. The molecule has 6 heteroatoms. The molecule has 0 radical (unpaired) electrons. The van der Waals surface area contributed by atoms with Crippen molar-refractivity contribution in [1.29, 1.82) is 0 Å². The van der Waals surface area contributed by atoms with Gasteiger partial charge in [-0.05, 0) is 18.2 Å². The maximum Gasteiger partial charge on any atom is 0.120 e. The average Bonchev–Trinajstić information content (AvgIpc) is 2.36. The molecule has 0 aromatic heterocycles. The van der Waals surface area contributed by atoms with Crippen molar-refractivity contribution in [2.75, 3.05) is 33.5 Å². The van der Waals surface area contributed by atoms with Crippen LogP contribution in [-0.2, 0) is 9.57 Å². The van der Waals surface area contributed by atoms with E-state index in [1.54, 1.807) is 31.4 Å². The van der Waals surface area contributed by atoms with Gasteiger partial charge < -0.3 is 14.6 Å². The zero-order chi connectivity index (χ0) is 13.2. The minimum atomic E-state index is -0.661. The Morgan fingerprint density at radius 2 is 2.22 bits per heavy atom. The average molecular weight is 276 g/mol. The number of hydroxylamine groups is 1. The lowest BCUT2D eigenvalue weighted by Gasteiger charge is -2.13. The van der Waals surface area contributed by atoms with Crippen LogP contribution in [0.15, 0.2) is 24.3 Å². The summed E-state index contributed by atoms with van der Waals surface area (Å²) in [6.07, 6.45) is -0.661. The van der Waals surface area contributed by atoms with Crippen molar-refractivity contribution in [2.24, 2.45) is 0 Å². The molecule has 5 nitrogen and oxygen atoms in total. The molecule has 18 heavy (non-hydrogen) atoms. The summed E-state index contributed by atoms with van der Waals surface area (Å²) in [4.78, 5) is 5.00. The van der Waals surface area contributed by atoms with Crippen molar-refractivity contribution >= 4 is 11.6 Å². The van der Waals surface area contributed by atoms with Crippen molar-refractivity contribution < 1.29 is 19.4 Å². The van der Waals surface area contributed by atoms with E-state index in [1.807, 2.05) is 0 Å². The quantitative estimate of drug-likeness (QED) is 0.525. The highest BCUT2D eigenvalue weighted by atomic mass is 35.5. The highest BCUT2D eigenvalue weighted by Gasteiger charge is 2.05. The Balaban J connectivity index is 2.11. The lowest BCUT2D eigenvalue weighted by molar-refractivity contribution is -0.0173. The summed E-state index contributed by atoms with van der Waals surface area (Å²) in [5.74, 6) is 0.627. The largest absolute Gasteiger partial charge is 0.491 e. The number of halogens is 1. The topological polar surface area (TPSA) is 60.0 Å². The molecule has 0 heterocycles. The van der Waals surface area contributed by atoms with E-state index >= 15 is 0 Å². The first-order chi connectivity index (χ1) is 8.72. The molecule has 1 rings (SSSR count). The third kappa shape index (κ3) is 6.78. The second kappa shape index (κ2) is 9.13. The maximum atomic E-state index is 9.60. The first kappa shape index (κ1) is 15.2. The molecule has 102 valence electrons. The molecule has 0 saturated carbocycles. The van der Waals surface area contributed by atoms with Gasteiger partial charge in [-0.2, -0.15) is 5.48 Å². The minimum Gasteiger partial charge on any atom is -0.491 e. The Bertz CT molecular complexity index is 338. The molecule has 1 atom stereocenters. The van der Waals surface area contributed by atoms with E-state index in [0.29, 0.717) is 24.0 Å². The SMILES string of the molecule is COCCONCC(O)COc1cccc(Cl)c1. The Kier molecular flexibility index (Phi) is 7.71. The molecule has 2 N–H and O–H groups in total. The van der Waals surface area contributed by atoms with Crippen LogP contribution in [0, 0.1) is 0 Å². The van der Waals surface area contributed by atoms with Crippen molar-refractivity contribution in [3.63, 3.8) is 0 Å². The van der Waals surface area contributed by atoms with Gasteiger partial charge in [0.1, 0.15) is 18.5 Å². The summed E-state index contributed by atoms with van der Waals surface area (Å²) in [5.41, 5.74) is 2.63. The number of hydrogen-bond acceptors (Lipinski definition) is 5. The molecule has 0 fully saturated rings. The van der Waals surface area contributed by atoms with E-state index in [4.69, 9.17) is 25.9 Å². The van der Waals surface area contributed by atoms with Gasteiger partial charge >= 0.3 is 0 Å². The molecular weight excluding hydrogens is 258 g/mol. The maximum absolute atomic E-state index is 9.60. The van der Waals surface area contributed by atoms with Crippen LogP contribution in [0.1, 0.15) is 0 Å². The predicted molar refractivity (Wildman–Crippen MR) is 68.8 cm³/mol. The summed E-state index contributed by atoms with van der Waals surface area (Å²) in [5, 5.41) is 10.2. The number of hydrogen-bond donors (Lipinski definition) is 2. The van der Waals surface area contributed by atoms with E-state index in [9.17, 15) is 5.11 Å². The summed E-state index contributed by atoms with van der Waals surface area (Å²) in [6, 6.07) is 7.02. The molecule has 1 aromatic rings. The Morgan fingerprint density at radius 3 is 2.94 bits per heavy atom. The normalized spacial score (nSPS) is 12.4. The third-order valence-corrected chi connectivity index (χ3v) is 2.28. The van der Waals surface area contributed by atoms with E-state index < -0.39 is 6.10 Å². The Morgan fingerprint density at radius 1 is 1.39 bits per heavy atom. The van der Waals surface area contributed by atoms with Crippen molar-refractivity contribution in [3.8, 4) is 5.75 Å². The van der Waals surface area contributed by atoms with Crippen LogP contribution in [0.5, 0.6) is 5.75 Å². The van der Waals surface area contributed by atoms with E-state index in [0.717, 1.165) is 0 Å². The molecule has 0 saturated heterocycles. The lowest BCUT2D eigenvalue weighted by atomic mass is 10.3. The number of ether oxygens (including phenoxy) is 2. The van der Waals surface area contributed by atoms with Crippen LogP contribution >= 0.6 is 11.6 Å². The number of aliphatic hydroxyl groups excluding tert-OH is 1. The molecule has 1 aromatic carbocycles. The number of rotatable bonds is 9. The standard InChI is InChI=1S/C12H18ClNO4/c1-16-5-6-18-14-8-11(15)9-17-12-4-2-3-10(13)7-12/h2-4,7,11,14-15H,5-6,8-9H2,1H3. The summed E-state index contributed by atoms with van der Waals surface area (Å²) < 4.78 is 10.2. The van der Waals surface area contributed by atoms with Gasteiger partial charge in [-0.1, -0.05) is 17.7 Å². The number of benzene rings is 1. The van der Waals surface area contributed by atoms with Gasteiger partial charge in [0, 0.05) is 12.1 Å². The molecule has 0 spiro atoms. The van der Waals surface area contributed by atoms with E-state index in [2.05, 4.69) is 5.48 Å². The van der Waals surface area contributed by atoms with Crippen LogP contribution in [-0.4, -0.2) is 44.7 Å². The van der Waals surface area contributed by atoms with Crippen molar-refractivity contribution in [3.05, 3.63) is 29.3 Å². The summed E-state index contributed by atoms with van der Waals surface area (Å²) >= 11 is 5.81. The number of aliphatic hydroxyl groups is 1. The predicted octanol–water partition coefficient (Wildman–Crippen LogP) is 1.25. The summed E-state index contributed by atoms with van der Waals surface area (Å²) in [6.45, 7) is 1.38. The van der Waals surface area contributed by atoms with Gasteiger partial charge in [-0.15, -0.1) is 0 Å². The number of nitrogens with one attached hydrogen (secondary N) is 1. The Hall–Kier alpha value is -0.850. The fourth-order valence-corrected chi connectivity index (χ4v) is 1.34. The van der Waals surface area contributed by atoms with Crippen LogP contribution in [0.25, 0.3) is 0 Å². The van der Waals surface area contributed by atoms with Gasteiger partial charge in [0.05, 0.1) is 19.8 Å². The van der Waals surface area contributed by atoms with Crippen molar-refractivity contribution in [1.82, 2.24) is 5.48 Å². The van der Waals surface area contributed by atoms with Gasteiger partial charge in [-0.3, -0.25) is 4.84 Å². The molecule has 0 aliphatic heterocycles. The fourth-order valence-electron chi connectivity index (χ4n) is 1.16. The van der Waals surface area contributed by atoms with E-state index in [-0.39, 0.29) is 13.2 Å². The molecular formula is C12H18ClNO4. The molecule has 0 aliphatic carbocycles. The van der Waals surface area contributed by atoms with E-state index in [1.165, 1.54) is 0 Å². The molecule has 0 aliphatic rings. The first-order valence-electron chi connectivity index (χ1n) is 5.62. The molecule has 0 bridgehead atoms. The van der Waals surface area contributed by atoms with Crippen LogP contribution < -0.4 is 10.2 Å². The van der Waals surface area contributed by atoms with Crippen LogP contribution in [0.2, 0.25) is 5.02 Å². The zero-order valence-corrected chi connectivity index (χ0v) is 11.0. The highest BCUT2D eigenvalue weighted by molar-refractivity contribution is 6.30. The van der Waals surface area contributed by atoms with Crippen LogP contribution in [0.3, 0.4) is 0 Å². The fraction of sp³-hybridized carbons (Fsp3) is 0.500. The minimum absolute atomic E-state index is 0.168. The van der Waals surface area contributed by atoms with Gasteiger partial charge in [0.2, 0.25) is 0 Å². The monoisotopic (exact) mass is 275 g/mol. The lowest BCUT2D eigenvalue weighted by Crippen LogP contribution is -2.32. The van der Waals surface area contributed by atoms with Crippen LogP contribution in [0.4, 0.5) is 0 Å². The third-order valence-electron chi connectivity index (χ3n) is 2.05. The highest BCUT2D eigenvalue weighted by Crippen LogP contribution is 2.17. The smallest absolute Gasteiger partial charge is 0.120 e. The first-order valence-corrected chi connectivity index (χ1v) is 6.00. The zero-order valence-electron chi connectivity index (χ0n) is 10.3. The molecule has 0 amide bonds. The second-order valence-corrected chi connectivity index (χ2v) is 4.05. The summed E-state index contributed by atoms with van der Waals surface area (Å²) in [7, 11) is 1.59. The van der Waals surface area contributed by atoms with Gasteiger partial charge in [0.25, 0.3) is 0 Å². The van der Waals surface area contributed by atoms with Gasteiger partial charge in [0.15, 0.2) is 0 Å². The Labute approximate surface area is 112 Å². The van der Waals surface area contributed by atoms with Crippen molar-refractivity contribution in [2.45, 2.75) is 6.10 Å². The van der Waals surface area contributed by atoms with Gasteiger partial charge in [-0.25, -0.2) is 0 Å². The molecule has 1 unspecified atom stereocenters. The number of methoxy groups -OCH3 is 1.